The minimum atomic E-state index is 0.739. The van der Waals surface area contributed by atoms with E-state index in [1.54, 1.807) is 0 Å². The van der Waals surface area contributed by atoms with Gasteiger partial charge in [0.05, 0.1) is 0 Å². The molecule has 0 amide bonds. The Labute approximate surface area is 49.7 Å². The van der Waals surface area contributed by atoms with E-state index in [4.69, 9.17) is 0 Å². The lowest BCUT2D eigenvalue weighted by Gasteiger charge is -1.98. The highest BCUT2D eigenvalue weighted by molar-refractivity contribution is 7.80. The molecule has 0 spiro atoms. The van der Waals surface area contributed by atoms with Crippen LogP contribution in [0, 0.1) is 17.8 Å². The van der Waals surface area contributed by atoms with Crippen LogP contribution in [-0.4, -0.2) is 5.75 Å². The van der Waals surface area contributed by atoms with Crippen LogP contribution in [0.1, 0.15) is 12.8 Å². The predicted molar refractivity (Wildman–Crippen MR) is 34.4 cm³/mol. The van der Waals surface area contributed by atoms with Crippen molar-refractivity contribution in [1.29, 1.82) is 0 Å². The second kappa shape index (κ2) is 2.28. The molecule has 0 saturated heterocycles. The molecule has 0 heterocycles. The van der Waals surface area contributed by atoms with Crippen LogP contribution >= 0.6 is 12.6 Å². The molecule has 1 heteroatoms. The molecule has 0 nitrogen and oxygen atoms in total. The average Bonchev–Trinajstić information content (AvgIpc) is 2.14. The largest absolute Gasteiger partial charge is 0.179 e. The summed E-state index contributed by atoms with van der Waals surface area (Å²) in [6, 6.07) is 0. The van der Waals surface area contributed by atoms with E-state index in [0.29, 0.717) is 0 Å². The Kier molecular flexibility index (Phi) is 1.64. The van der Waals surface area contributed by atoms with Crippen molar-refractivity contribution in [2.75, 3.05) is 5.75 Å². The normalized spacial score (nSPS) is 19.0. The Morgan fingerprint density at radius 3 is 2.29 bits per heavy atom. The summed E-state index contributed by atoms with van der Waals surface area (Å²) in [4.78, 5) is 0. The van der Waals surface area contributed by atoms with Crippen LogP contribution in [0.15, 0.2) is 0 Å². The van der Waals surface area contributed by atoms with E-state index in [1.807, 2.05) is 0 Å². The van der Waals surface area contributed by atoms with Gasteiger partial charge in [-0.2, -0.15) is 12.6 Å². The van der Waals surface area contributed by atoms with Crippen molar-refractivity contribution in [2.45, 2.75) is 12.8 Å². The molecule has 38 valence electrons. The third kappa shape index (κ3) is 1.14. The molecule has 0 atom stereocenters. The fourth-order valence-electron chi connectivity index (χ4n) is 0.634. The average molecular weight is 112 g/mol. The molecule has 0 aliphatic heterocycles. The van der Waals surface area contributed by atoms with E-state index in [2.05, 4.69) is 24.5 Å². The molecule has 1 aliphatic rings. The number of hydrogen-bond donors (Lipinski definition) is 1. The Hall–Kier alpha value is -0.0900. The standard InChI is InChI=1S/C6H8S/c7-5-6-3-1-2-4-6/h6-7H,3-5H2. The number of hydrogen-bond acceptors (Lipinski definition) is 1. The molecule has 0 unspecified atom stereocenters. The summed E-state index contributed by atoms with van der Waals surface area (Å²) >= 11 is 4.14. The molecule has 0 aromatic heterocycles. The maximum atomic E-state index is 4.14. The van der Waals surface area contributed by atoms with Crippen LogP contribution in [-0.2, 0) is 0 Å². The fraction of sp³-hybridized carbons (Fsp3) is 0.667. The first kappa shape index (κ1) is 5.05. The van der Waals surface area contributed by atoms with Crippen LogP contribution in [0.25, 0.3) is 0 Å². The molecule has 0 bridgehead atoms. The van der Waals surface area contributed by atoms with Gasteiger partial charge in [-0.15, -0.1) is 11.8 Å². The molecule has 0 N–H and O–H groups in total. The van der Waals surface area contributed by atoms with Crippen molar-refractivity contribution < 1.29 is 0 Å². The number of thiol groups is 1. The van der Waals surface area contributed by atoms with Gasteiger partial charge in [0.2, 0.25) is 0 Å². The van der Waals surface area contributed by atoms with Gasteiger partial charge in [-0.05, 0) is 11.7 Å². The first-order valence-electron chi connectivity index (χ1n) is 2.50. The minimum absolute atomic E-state index is 0.739. The molecule has 0 aromatic rings. The van der Waals surface area contributed by atoms with Gasteiger partial charge < -0.3 is 0 Å². The summed E-state index contributed by atoms with van der Waals surface area (Å²) in [5, 5.41) is 0. The lowest BCUT2D eigenvalue weighted by molar-refractivity contribution is 0.658. The second-order valence-corrected chi connectivity index (χ2v) is 2.18. The van der Waals surface area contributed by atoms with Crippen molar-refractivity contribution in [3.63, 3.8) is 0 Å². The Balaban J connectivity index is 2.25. The van der Waals surface area contributed by atoms with Crippen LogP contribution in [0.3, 0.4) is 0 Å². The Morgan fingerprint density at radius 2 is 2.00 bits per heavy atom. The van der Waals surface area contributed by atoms with E-state index < -0.39 is 0 Å². The zero-order valence-electron chi connectivity index (χ0n) is 4.15. The lowest BCUT2D eigenvalue weighted by atomic mass is 10.1. The first-order chi connectivity index (χ1) is 3.43. The van der Waals surface area contributed by atoms with Gasteiger partial charge in [0.25, 0.3) is 0 Å². The molecule has 0 radical (unpaired) electrons. The van der Waals surface area contributed by atoms with Crippen LogP contribution in [0.4, 0.5) is 0 Å². The van der Waals surface area contributed by atoms with Gasteiger partial charge in [-0.3, -0.25) is 0 Å². The molecule has 7 heavy (non-hydrogen) atoms. The van der Waals surface area contributed by atoms with Gasteiger partial charge in [0.15, 0.2) is 0 Å². The first-order valence-corrected chi connectivity index (χ1v) is 3.13. The van der Waals surface area contributed by atoms with Crippen molar-refractivity contribution in [3.05, 3.63) is 0 Å². The maximum Gasteiger partial charge on any atom is 0.0134 e. The summed E-state index contributed by atoms with van der Waals surface area (Å²) in [7, 11) is 0. The summed E-state index contributed by atoms with van der Waals surface area (Å²) in [5.74, 6) is 7.77. The molecule has 0 fully saturated rings. The lowest BCUT2D eigenvalue weighted by Crippen LogP contribution is -1.93. The SMILES string of the molecule is SCC1CC#CC1. The second-order valence-electron chi connectivity index (χ2n) is 1.81. The molecule has 1 rings (SSSR count). The monoisotopic (exact) mass is 112 g/mol. The quantitative estimate of drug-likeness (QED) is 0.384. The van der Waals surface area contributed by atoms with E-state index >= 15 is 0 Å². The molecule has 0 aromatic carbocycles. The topological polar surface area (TPSA) is 0 Å². The molecule has 1 aliphatic carbocycles. The van der Waals surface area contributed by atoms with E-state index in [1.165, 1.54) is 0 Å². The summed E-state index contributed by atoms with van der Waals surface area (Å²) in [6.45, 7) is 0. The third-order valence-corrected chi connectivity index (χ3v) is 1.68. The van der Waals surface area contributed by atoms with Crippen LogP contribution < -0.4 is 0 Å². The minimum Gasteiger partial charge on any atom is -0.179 e. The van der Waals surface area contributed by atoms with Crippen LogP contribution in [0.2, 0.25) is 0 Å². The van der Waals surface area contributed by atoms with Crippen molar-refractivity contribution in [2.24, 2.45) is 5.92 Å². The van der Waals surface area contributed by atoms with Gasteiger partial charge in [0.1, 0.15) is 0 Å². The third-order valence-electron chi connectivity index (χ3n) is 1.16. The molecule has 0 saturated carbocycles. The van der Waals surface area contributed by atoms with Crippen LogP contribution in [0.5, 0.6) is 0 Å². The highest BCUT2D eigenvalue weighted by Gasteiger charge is 2.05. The van der Waals surface area contributed by atoms with Crippen molar-refractivity contribution in [1.82, 2.24) is 0 Å². The molecular formula is C6H8S. The zero-order chi connectivity index (χ0) is 5.11. The summed E-state index contributed by atoms with van der Waals surface area (Å²) in [5.41, 5.74) is 0. The van der Waals surface area contributed by atoms with Gasteiger partial charge in [-0.25, -0.2) is 0 Å². The smallest absolute Gasteiger partial charge is 0.0134 e. The zero-order valence-corrected chi connectivity index (χ0v) is 5.04. The van der Waals surface area contributed by atoms with E-state index in [9.17, 15) is 0 Å². The highest BCUT2D eigenvalue weighted by Crippen LogP contribution is 2.12. The van der Waals surface area contributed by atoms with Crippen molar-refractivity contribution >= 4 is 12.6 Å². The Bertz CT molecular complexity index is 97.1. The summed E-state index contributed by atoms with van der Waals surface area (Å²) < 4.78 is 0. The number of rotatable bonds is 1. The fourth-order valence-corrected chi connectivity index (χ4v) is 0.892. The van der Waals surface area contributed by atoms with Crippen molar-refractivity contribution in [3.8, 4) is 11.8 Å². The van der Waals surface area contributed by atoms with Gasteiger partial charge in [0, 0.05) is 12.8 Å². The van der Waals surface area contributed by atoms with E-state index in [-0.39, 0.29) is 0 Å². The predicted octanol–water partition coefficient (Wildman–Crippen LogP) is 1.33. The molecular weight excluding hydrogens is 104 g/mol. The van der Waals surface area contributed by atoms with Gasteiger partial charge in [-0.1, -0.05) is 0 Å². The highest BCUT2D eigenvalue weighted by atomic mass is 32.1. The van der Waals surface area contributed by atoms with E-state index in [0.717, 1.165) is 24.5 Å². The Morgan fingerprint density at radius 1 is 1.43 bits per heavy atom. The maximum absolute atomic E-state index is 4.14. The summed E-state index contributed by atoms with van der Waals surface area (Å²) in [6.07, 6.45) is 2.15. The van der Waals surface area contributed by atoms with Gasteiger partial charge >= 0.3 is 0 Å².